The van der Waals surface area contributed by atoms with Crippen LogP contribution in [0.2, 0.25) is 0 Å². The van der Waals surface area contributed by atoms with Gasteiger partial charge in [0.15, 0.2) is 0 Å². The average molecular weight is 372 g/mol. The minimum atomic E-state index is -0.217. The summed E-state index contributed by atoms with van der Waals surface area (Å²) in [6.07, 6.45) is 3.30. The molecule has 4 rings (SSSR count). The Kier molecular flexibility index (Phi) is 4.72. The van der Waals surface area contributed by atoms with Crippen molar-refractivity contribution >= 4 is 23.2 Å². The van der Waals surface area contributed by atoms with Gasteiger partial charge in [-0.25, -0.2) is 15.1 Å². The monoisotopic (exact) mass is 372 g/mol. The number of nitrogens with one attached hydrogen (secondary N) is 1. The van der Waals surface area contributed by atoms with Crippen molar-refractivity contribution in [2.75, 3.05) is 0 Å². The second kappa shape index (κ2) is 7.48. The number of carbonyl (C=O) groups is 1. The number of hydrogen-bond acceptors (Lipinski definition) is 4. The smallest absolute Gasteiger partial charge is 0.260 e. The molecule has 0 aliphatic heterocycles. The normalized spacial score (nSPS) is 11.4. The third-order valence-corrected chi connectivity index (χ3v) is 4.57. The van der Waals surface area contributed by atoms with Gasteiger partial charge in [0.05, 0.1) is 40.7 Å². The Morgan fingerprint density at radius 2 is 1.86 bits per heavy atom. The van der Waals surface area contributed by atoms with Gasteiger partial charge in [0, 0.05) is 5.56 Å². The van der Waals surface area contributed by atoms with E-state index in [4.69, 9.17) is 0 Å². The lowest BCUT2D eigenvalue weighted by Crippen LogP contribution is -2.22. The van der Waals surface area contributed by atoms with Crippen LogP contribution in [-0.2, 0) is 11.3 Å². The Morgan fingerprint density at radius 1 is 1.11 bits per heavy atom. The maximum atomic E-state index is 12.2. The topological polar surface area (TPSA) is 77.1 Å². The lowest BCUT2D eigenvalue weighted by atomic mass is 10.2. The molecule has 2 aromatic heterocycles. The minimum absolute atomic E-state index is 0.152. The van der Waals surface area contributed by atoms with Crippen LogP contribution >= 0.6 is 0 Å². The number of hydrogen-bond donors (Lipinski definition) is 1. The Morgan fingerprint density at radius 3 is 2.68 bits per heavy atom. The molecule has 0 saturated carbocycles. The molecule has 0 fully saturated rings. The molecule has 0 radical (unpaired) electrons. The number of hydrazone groups is 1. The number of aryl methyl sites for hydroxylation is 1. The van der Waals surface area contributed by atoms with Gasteiger partial charge in [-0.05, 0) is 38.1 Å². The Balaban J connectivity index is 1.46. The van der Waals surface area contributed by atoms with E-state index in [2.05, 4.69) is 20.6 Å². The summed E-state index contributed by atoms with van der Waals surface area (Å²) in [5.74, 6) is -0.217. The van der Waals surface area contributed by atoms with Crippen molar-refractivity contribution < 1.29 is 4.79 Å². The van der Waals surface area contributed by atoms with E-state index < -0.39 is 0 Å². The van der Waals surface area contributed by atoms with Crippen molar-refractivity contribution in [3.8, 4) is 5.69 Å². The van der Waals surface area contributed by atoms with Crippen LogP contribution in [0.5, 0.6) is 0 Å². The highest BCUT2D eigenvalue weighted by Crippen LogP contribution is 2.16. The summed E-state index contributed by atoms with van der Waals surface area (Å²) in [6, 6.07) is 17.6. The van der Waals surface area contributed by atoms with E-state index in [1.165, 1.54) is 0 Å². The maximum Gasteiger partial charge on any atom is 0.260 e. The van der Waals surface area contributed by atoms with E-state index >= 15 is 0 Å². The summed E-state index contributed by atoms with van der Waals surface area (Å²) < 4.78 is 3.67. The Hall–Kier alpha value is -3.74. The molecule has 0 bridgehead atoms. The zero-order chi connectivity index (χ0) is 19.5. The number of amides is 1. The number of benzene rings is 2. The zero-order valence-corrected chi connectivity index (χ0v) is 15.7. The van der Waals surface area contributed by atoms with Crippen molar-refractivity contribution in [2.24, 2.45) is 5.10 Å². The number of aromatic nitrogens is 4. The molecular weight excluding hydrogens is 352 g/mol. The standard InChI is InChI=1S/C21H20N6O/c1-15-18(16(2)27(25-15)17-8-4-3-5-9-17)12-23-24-21(28)13-26-14-22-19-10-6-7-11-20(19)26/h3-12,14H,13H2,1-2H3,(H,24,28)/b23-12-. The fourth-order valence-corrected chi connectivity index (χ4v) is 3.16. The summed E-state index contributed by atoms with van der Waals surface area (Å²) in [6.45, 7) is 4.06. The average Bonchev–Trinajstić information content (AvgIpc) is 3.24. The molecule has 28 heavy (non-hydrogen) atoms. The predicted octanol–water partition coefficient (Wildman–Crippen LogP) is 2.99. The fraction of sp³-hybridized carbons (Fsp3) is 0.143. The van der Waals surface area contributed by atoms with E-state index in [0.29, 0.717) is 0 Å². The molecule has 1 amide bonds. The van der Waals surface area contributed by atoms with E-state index in [9.17, 15) is 4.79 Å². The molecule has 7 nitrogen and oxygen atoms in total. The van der Waals surface area contributed by atoms with Crippen molar-refractivity contribution in [2.45, 2.75) is 20.4 Å². The minimum Gasteiger partial charge on any atom is -0.321 e. The number of fused-ring (bicyclic) bond motifs is 1. The predicted molar refractivity (Wildman–Crippen MR) is 109 cm³/mol. The third kappa shape index (κ3) is 3.42. The highest BCUT2D eigenvalue weighted by molar-refractivity contribution is 5.85. The summed E-state index contributed by atoms with van der Waals surface area (Å²) in [5.41, 5.74) is 8.04. The van der Waals surface area contributed by atoms with E-state index in [1.54, 1.807) is 17.1 Å². The largest absolute Gasteiger partial charge is 0.321 e. The van der Waals surface area contributed by atoms with Gasteiger partial charge in [0.1, 0.15) is 6.54 Å². The molecule has 0 saturated heterocycles. The van der Waals surface area contributed by atoms with Gasteiger partial charge < -0.3 is 4.57 Å². The molecular formula is C21H20N6O. The molecule has 0 atom stereocenters. The highest BCUT2D eigenvalue weighted by atomic mass is 16.2. The van der Waals surface area contributed by atoms with Crippen molar-refractivity contribution in [1.82, 2.24) is 24.8 Å². The van der Waals surface area contributed by atoms with Gasteiger partial charge in [-0.3, -0.25) is 4.79 Å². The Labute approximate surface area is 162 Å². The second-order valence-electron chi connectivity index (χ2n) is 6.49. The molecule has 0 aliphatic rings. The van der Waals surface area contributed by atoms with E-state index in [1.807, 2.05) is 73.1 Å². The maximum absolute atomic E-state index is 12.2. The van der Waals surface area contributed by atoms with Gasteiger partial charge in [-0.1, -0.05) is 30.3 Å². The molecule has 0 unspecified atom stereocenters. The van der Waals surface area contributed by atoms with E-state index in [-0.39, 0.29) is 12.5 Å². The SMILES string of the molecule is Cc1nn(-c2ccccc2)c(C)c1/C=N\NC(=O)Cn1cnc2ccccc21. The van der Waals surface area contributed by atoms with E-state index in [0.717, 1.165) is 33.7 Å². The second-order valence-corrected chi connectivity index (χ2v) is 6.49. The number of carbonyl (C=O) groups excluding carboxylic acids is 1. The van der Waals surface area contributed by atoms with Crippen LogP contribution in [0.15, 0.2) is 66.0 Å². The molecule has 0 spiro atoms. The molecule has 1 N–H and O–H groups in total. The van der Waals surface area contributed by atoms with Crippen LogP contribution in [0.1, 0.15) is 17.0 Å². The summed E-state index contributed by atoms with van der Waals surface area (Å²) in [4.78, 5) is 16.5. The van der Waals surface area contributed by atoms with Gasteiger partial charge in [0.2, 0.25) is 0 Å². The molecule has 7 heteroatoms. The fourth-order valence-electron chi connectivity index (χ4n) is 3.16. The number of para-hydroxylation sites is 3. The number of rotatable bonds is 5. The van der Waals surface area contributed by atoms with Crippen LogP contribution in [0.3, 0.4) is 0 Å². The van der Waals surface area contributed by atoms with Crippen molar-refractivity contribution in [1.29, 1.82) is 0 Å². The van der Waals surface area contributed by atoms with Gasteiger partial charge in [-0.15, -0.1) is 0 Å². The lowest BCUT2D eigenvalue weighted by Gasteiger charge is -2.04. The van der Waals surface area contributed by atoms with Crippen LogP contribution in [0.25, 0.3) is 16.7 Å². The summed E-state index contributed by atoms with van der Waals surface area (Å²) in [7, 11) is 0. The number of imidazole rings is 1. The zero-order valence-electron chi connectivity index (χ0n) is 15.7. The summed E-state index contributed by atoms with van der Waals surface area (Å²) in [5, 5.41) is 8.69. The van der Waals surface area contributed by atoms with Gasteiger partial charge >= 0.3 is 0 Å². The van der Waals surface area contributed by atoms with Crippen LogP contribution in [0, 0.1) is 13.8 Å². The first kappa shape index (κ1) is 17.7. The molecule has 2 aromatic carbocycles. The van der Waals surface area contributed by atoms with Crippen LogP contribution in [-0.4, -0.2) is 31.5 Å². The van der Waals surface area contributed by atoms with Crippen LogP contribution in [0.4, 0.5) is 0 Å². The summed E-state index contributed by atoms with van der Waals surface area (Å²) >= 11 is 0. The van der Waals surface area contributed by atoms with Gasteiger partial charge in [0.25, 0.3) is 5.91 Å². The first-order valence-corrected chi connectivity index (χ1v) is 8.97. The first-order valence-electron chi connectivity index (χ1n) is 8.97. The molecule has 140 valence electrons. The molecule has 2 heterocycles. The lowest BCUT2D eigenvalue weighted by molar-refractivity contribution is -0.121. The Bertz CT molecular complexity index is 1160. The first-order chi connectivity index (χ1) is 13.6. The van der Waals surface area contributed by atoms with Crippen molar-refractivity contribution in [3.05, 3.63) is 77.9 Å². The number of nitrogens with zero attached hydrogens (tertiary/aromatic N) is 5. The van der Waals surface area contributed by atoms with Crippen molar-refractivity contribution in [3.63, 3.8) is 0 Å². The highest BCUT2D eigenvalue weighted by Gasteiger charge is 2.11. The van der Waals surface area contributed by atoms with Crippen LogP contribution < -0.4 is 5.43 Å². The quantitative estimate of drug-likeness (QED) is 0.432. The van der Waals surface area contributed by atoms with Gasteiger partial charge in [-0.2, -0.15) is 10.2 Å². The third-order valence-electron chi connectivity index (χ3n) is 4.57. The molecule has 4 aromatic rings. The molecule has 0 aliphatic carbocycles.